The molecule has 0 atom stereocenters. The summed E-state index contributed by atoms with van der Waals surface area (Å²) in [5.74, 6) is 1.08. The number of halogens is 2. The molecule has 0 bridgehead atoms. The lowest BCUT2D eigenvalue weighted by Crippen LogP contribution is -1.99. The SMILES string of the molecule is CC(C)Cc1c(N)n[nH]c1-c1cc(Cl)ccc1Br. The van der Waals surface area contributed by atoms with Crippen molar-refractivity contribution in [3.63, 3.8) is 0 Å². The molecule has 3 nitrogen and oxygen atoms in total. The van der Waals surface area contributed by atoms with Crippen molar-refractivity contribution in [2.45, 2.75) is 20.3 Å². The van der Waals surface area contributed by atoms with E-state index in [1.807, 2.05) is 18.2 Å². The largest absolute Gasteiger partial charge is 0.382 e. The van der Waals surface area contributed by atoms with E-state index in [9.17, 15) is 0 Å². The number of benzene rings is 1. The highest BCUT2D eigenvalue weighted by Gasteiger charge is 2.16. The Morgan fingerprint density at radius 1 is 1.44 bits per heavy atom. The molecule has 96 valence electrons. The van der Waals surface area contributed by atoms with Crippen LogP contribution in [0.5, 0.6) is 0 Å². The lowest BCUT2D eigenvalue weighted by Gasteiger charge is -2.09. The van der Waals surface area contributed by atoms with Gasteiger partial charge >= 0.3 is 0 Å². The molecule has 1 aromatic carbocycles. The molecule has 1 heterocycles. The summed E-state index contributed by atoms with van der Waals surface area (Å²) < 4.78 is 0.973. The van der Waals surface area contributed by atoms with Crippen LogP contribution < -0.4 is 5.73 Å². The number of hydrogen-bond acceptors (Lipinski definition) is 2. The number of nitrogens with one attached hydrogen (secondary N) is 1. The van der Waals surface area contributed by atoms with Crippen LogP contribution in [-0.2, 0) is 6.42 Å². The van der Waals surface area contributed by atoms with Crippen molar-refractivity contribution in [2.75, 3.05) is 5.73 Å². The summed E-state index contributed by atoms with van der Waals surface area (Å²) in [6.45, 7) is 4.31. The second-order valence-electron chi connectivity index (χ2n) is 4.68. The zero-order valence-electron chi connectivity index (χ0n) is 10.3. The average molecular weight is 329 g/mol. The molecule has 0 saturated carbocycles. The predicted octanol–water partition coefficient (Wildman–Crippen LogP) is 4.27. The van der Waals surface area contributed by atoms with Crippen LogP contribution in [0.3, 0.4) is 0 Å². The molecular formula is C13H15BrClN3. The number of anilines is 1. The molecule has 0 radical (unpaired) electrons. The van der Waals surface area contributed by atoms with E-state index >= 15 is 0 Å². The van der Waals surface area contributed by atoms with Crippen LogP contribution in [0, 0.1) is 5.92 Å². The Balaban J connectivity index is 2.53. The fourth-order valence-electron chi connectivity index (χ4n) is 1.91. The van der Waals surface area contributed by atoms with Crippen LogP contribution in [0.2, 0.25) is 5.02 Å². The van der Waals surface area contributed by atoms with Crippen LogP contribution in [0.1, 0.15) is 19.4 Å². The van der Waals surface area contributed by atoms with Crippen molar-refractivity contribution in [2.24, 2.45) is 5.92 Å². The summed E-state index contributed by atoms with van der Waals surface area (Å²) in [6.07, 6.45) is 0.886. The first kappa shape index (κ1) is 13.4. The third kappa shape index (κ3) is 2.70. The van der Waals surface area contributed by atoms with Gasteiger partial charge in [0, 0.05) is 20.6 Å². The maximum atomic E-state index is 6.05. The van der Waals surface area contributed by atoms with Gasteiger partial charge in [0.05, 0.1) is 5.69 Å². The number of nitrogen functional groups attached to an aromatic ring is 1. The summed E-state index contributed by atoms with van der Waals surface area (Å²) in [5.41, 5.74) is 8.90. The number of aromatic amines is 1. The maximum absolute atomic E-state index is 6.05. The van der Waals surface area contributed by atoms with Gasteiger partial charge in [0.25, 0.3) is 0 Å². The molecule has 0 aliphatic rings. The van der Waals surface area contributed by atoms with Crippen LogP contribution in [0.25, 0.3) is 11.3 Å². The summed E-state index contributed by atoms with van der Waals surface area (Å²) in [6, 6.07) is 5.67. The second kappa shape index (κ2) is 5.33. The Hall–Kier alpha value is -1.000. The molecule has 0 aliphatic carbocycles. The fraction of sp³-hybridized carbons (Fsp3) is 0.308. The van der Waals surface area contributed by atoms with Gasteiger partial charge in [-0.15, -0.1) is 0 Å². The zero-order chi connectivity index (χ0) is 13.3. The molecular weight excluding hydrogens is 314 g/mol. The molecule has 0 fully saturated rings. The highest BCUT2D eigenvalue weighted by molar-refractivity contribution is 9.10. The van der Waals surface area contributed by atoms with Crippen molar-refractivity contribution in [3.05, 3.63) is 33.3 Å². The van der Waals surface area contributed by atoms with Gasteiger partial charge in [0.2, 0.25) is 0 Å². The standard InChI is InChI=1S/C13H15BrClN3/c1-7(2)5-10-12(17-18-13(10)16)9-6-8(15)3-4-11(9)14/h3-4,6-7H,5H2,1-2H3,(H3,16,17,18). The predicted molar refractivity (Wildman–Crippen MR) is 79.7 cm³/mol. The minimum atomic E-state index is 0.515. The van der Waals surface area contributed by atoms with Gasteiger partial charge in [0.1, 0.15) is 5.82 Å². The molecule has 0 amide bonds. The number of H-pyrrole nitrogens is 1. The van der Waals surface area contributed by atoms with Gasteiger partial charge in [-0.1, -0.05) is 41.4 Å². The van der Waals surface area contributed by atoms with E-state index in [4.69, 9.17) is 17.3 Å². The molecule has 0 saturated heterocycles. The van der Waals surface area contributed by atoms with Crippen LogP contribution in [0.4, 0.5) is 5.82 Å². The first-order valence-electron chi connectivity index (χ1n) is 5.77. The minimum Gasteiger partial charge on any atom is -0.382 e. The van der Waals surface area contributed by atoms with Crippen molar-refractivity contribution < 1.29 is 0 Å². The Kier molecular flexibility index (Phi) is 3.97. The first-order chi connectivity index (χ1) is 8.49. The van der Waals surface area contributed by atoms with Gasteiger partial charge in [-0.3, -0.25) is 5.10 Å². The molecule has 0 unspecified atom stereocenters. The molecule has 1 aromatic heterocycles. The Morgan fingerprint density at radius 2 is 2.17 bits per heavy atom. The minimum absolute atomic E-state index is 0.515. The van der Waals surface area contributed by atoms with E-state index in [2.05, 4.69) is 40.0 Å². The highest BCUT2D eigenvalue weighted by atomic mass is 79.9. The topological polar surface area (TPSA) is 54.7 Å². The second-order valence-corrected chi connectivity index (χ2v) is 5.98. The van der Waals surface area contributed by atoms with Gasteiger partial charge in [-0.25, -0.2) is 0 Å². The zero-order valence-corrected chi connectivity index (χ0v) is 12.6. The normalized spacial score (nSPS) is 11.2. The Bertz CT molecular complexity index is 563. The summed E-state index contributed by atoms with van der Waals surface area (Å²) in [5, 5.41) is 7.80. The van der Waals surface area contributed by atoms with E-state index < -0.39 is 0 Å². The molecule has 2 rings (SSSR count). The van der Waals surface area contributed by atoms with Crippen LogP contribution in [-0.4, -0.2) is 10.2 Å². The van der Waals surface area contributed by atoms with Crippen molar-refractivity contribution in [1.82, 2.24) is 10.2 Å². The number of rotatable bonds is 3. The van der Waals surface area contributed by atoms with E-state index in [1.165, 1.54) is 0 Å². The number of nitrogens with two attached hydrogens (primary N) is 1. The van der Waals surface area contributed by atoms with E-state index in [0.717, 1.165) is 27.7 Å². The molecule has 2 aromatic rings. The number of hydrogen-bond donors (Lipinski definition) is 2. The van der Waals surface area contributed by atoms with Crippen molar-refractivity contribution in [1.29, 1.82) is 0 Å². The quantitative estimate of drug-likeness (QED) is 0.884. The maximum Gasteiger partial charge on any atom is 0.149 e. The van der Waals surface area contributed by atoms with Gasteiger partial charge in [0.15, 0.2) is 0 Å². The van der Waals surface area contributed by atoms with E-state index in [1.54, 1.807) is 0 Å². The molecule has 3 N–H and O–H groups in total. The lowest BCUT2D eigenvalue weighted by atomic mass is 9.99. The van der Waals surface area contributed by atoms with Crippen LogP contribution >= 0.6 is 27.5 Å². The molecule has 5 heteroatoms. The molecule has 0 aliphatic heterocycles. The highest BCUT2D eigenvalue weighted by Crippen LogP contribution is 2.34. The summed E-state index contributed by atoms with van der Waals surface area (Å²) >= 11 is 9.57. The van der Waals surface area contributed by atoms with E-state index in [-0.39, 0.29) is 0 Å². The van der Waals surface area contributed by atoms with Crippen LogP contribution in [0.15, 0.2) is 22.7 Å². The third-order valence-corrected chi connectivity index (χ3v) is 3.64. The third-order valence-electron chi connectivity index (χ3n) is 2.71. The van der Waals surface area contributed by atoms with E-state index in [0.29, 0.717) is 16.8 Å². The monoisotopic (exact) mass is 327 g/mol. The lowest BCUT2D eigenvalue weighted by molar-refractivity contribution is 0.649. The van der Waals surface area contributed by atoms with Crippen molar-refractivity contribution >= 4 is 33.3 Å². The van der Waals surface area contributed by atoms with Crippen molar-refractivity contribution in [3.8, 4) is 11.3 Å². The number of aromatic nitrogens is 2. The number of nitrogens with zero attached hydrogens (tertiary/aromatic N) is 1. The van der Waals surface area contributed by atoms with Gasteiger partial charge in [-0.05, 0) is 30.5 Å². The molecule has 18 heavy (non-hydrogen) atoms. The van der Waals surface area contributed by atoms with Gasteiger partial charge in [-0.2, -0.15) is 5.10 Å². The first-order valence-corrected chi connectivity index (χ1v) is 6.94. The fourth-order valence-corrected chi connectivity index (χ4v) is 2.52. The molecule has 0 spiro atoms. The Labute approximate surface area is 120 Å². The smallest absolute Gasteiger partial charge is 0.149 e. The van der Waals surface area contributed by atoms with Gasteiger partial charge < -0.3 is 5.73 Å². The summed E-state index contributed by atoms with van der Waals surface area (Å²) in [4.78, 5) is 0. The summed E-state index contributed by atoms with van der Waals surface area (Å²) in [7, 11) is 0. The Morgan fingerprint density at radius 3 is 2.83 bits per heavy atom. The average Bonchev–Trinajstić information content (AvgIpc) is 2.64.